The van der Waals surface area contributed by atoms with Crippen molar-refractivity contribution in [2.45, 2.75) is 12.8 Å². The average molecular weight is 239 g/mol. The molecule has 1 aromatic carbocycles. The molecule has 0 aliphatic heterocycles. The Morgan fingerprint density at radius 3 is 2.78 bits per heavy atom. The molecule has 18 heavy (non-hydrogen) atoms. The van der Waals surface area contributed by atoms with Crippen molar-refractivity contribution < 1.29 is 9.53 Å². The Hall–Kier alpha value is -2.16. The Balaban J connectivity index is 2.05. The Bertz CT molecular complexity index is 620. The lowest BCUT2D eigenvalue weighted by Crippen LogP contribution is -1.91. The fourth-order valence-corrected chi connectivity index (χ4v) is 2.34. The van der Waals surface area contributed by atoms with Crippen LogP contribution < -0.4 is 4.74 Å². The largest absolute Gasteiger partial charge is 0.481 e. The molecule has 90 valence electrons. The maximum absolute atomic E-state index is 11.6. The van der Waals surface area contributed by atoms with E-state index in [1.54, 1.807) is 13.3 Å². The predicted octanol–water partition coefficient (Wildman–Crippen LogP) is 2.89. The SMILES string of the molecule is COc1cc(-c2ccc3c(c2)CCC3=O)ccn1. The van der Waals surface area contributed by atoms with Crippen molar-refractivity contribution in [3.63, 3.8) is 0 Å². The minimum absolute atomic E-state index is 0.254. The van der Waals surface area contributed by atoms with Crippen LogP contribution in [-0.4, -0.2) is 17.9 Å². The van der Waals surface area contributed by atoms with Gasteiger partial charge in [0.05, 0.1) is 7.11 Å². The zero-order chi connectivity index (χ0) is 12.5. The number of ether oxygens (including phenoxy) is 1. The fraction of sp³-hybridized carbons (Fsp3) is 0.200. The second kappa shape index (κ2) is 4.26. The van der Waals surface area contributed by atoms with Crippen molar-refractivity contribution in [3.05, 3.63) is 47.7 Å². The van der Waals surface area contributed by atoms with Gasteiger partial charge in [0.25, 0.3) is 0 Å². The topological polar surface area (TPSA) is 39.2 Å². The number of aryl methyl sites for hydroxylation is 1. The number of nitrogens with zero attached hydrogens (tertiary/aromatic N) is 1. The highest BCUT2D eigenvalue weighted by Gasteiger charge is 2.19. The molecule has 3 heteroatoms. The summed E-state index contributed by atoms with van der Waals surface area (Å²) >= 11 is 0. The van der Waals surface area contributed by atoms with Gasteiger partial charge < -0.3 is 4.74 Å². The second-order valence-electron chi connectivity index (χ2n) is 4.38. The zero-order valence-corrected chi connectivity index (χ0v) is 10.1. The van der Waals surface area contributed by atoms with Crippen LogP contribution in [0.25, 0.3) is 11.1 Å². The van der Waals surface area contributed by atoms with Crippen molar-refractivity contribution in [2.75, 3.05) is 7.11 Å². The van der Waals surface area contributed by atoms with Crippen LogP contribution in [0.15, 0.2) is 36.5 Å². The summed E-state index contributed by atoms with van der Waals surface area (Å²) in [4.78, 5) is 15.7. The molecule has 0 spiro atoms. The van der Waals surface area contributed by atoms with Crippen molar-refractivity contribution in [2.24, 2.45) is 0 Å². The summed E-state index contributed by atoms with van der Waals surface area (Å²) in [5, 5.41) is 0. The molecule has 0 fully saturated rings. The molecule has 0 atom stereocenters. The van der Waals surface area contributed by atoms with Gasteiger partial charge in [-0.3, -0.25) is 4.79 Å². The third-order valence-corrected chi connectivity index (χ3v) is 3.30. The van der Waals surface area contributed by atoms with E-state index in [0.29, 0.717) is 12.3 Å². The van der Waals surface area contributed by atoms with Crippen LogP contribution in [0.5, 0.6) is 5.88 Å². The lowest BCUT2D eigenvalue weighted by molar-refractivity contribution is 0.0994. The van der Waals surface area contributed by atoms with Gasteiger partial charge in [-0.05, 0) is 29.2 Å². The molecular formula is C15H13NO2. The number of carbonyl (C=O) groups excluding carboxylic acids is 1. The number of benzene rings is 1. The average Bonchev–Trinajstić information content (AvgIpc) is 2.80. The summed E-state index contributed by atoms with van der Waals surface area (Å²) in [5.41, 5.74) is 4.18. The van der Waals surface area contributed by atoms with Crippen molar-refractivity contribution in [1.82, 2.24) is 4.98 Å². The summed E-state index contributed by atoms with van der Waals surface area (Å²) in [7, 11) is 1.60. The van der Waals surface area contributed by atoms with E-state index in [9.17, 15) is 4.79 Å². The molecular weight excluding hydrogens is 226 g/mol. The normalized spacial score (nSPS) is 13.5. The smallest absolute Gasteiger partial charge is 0.213 e. The summed E-state index contributed by atoms with van der Waals surface area (Å²) in [6.07, 6.45) is 3.22. The van der Waals surface area contributed by atoms with E-state index in [1.165, 1.54) is 0 Å². The Morgan fingerprint density at radius 1 is 1.11 bits per heavy atom. The molecule has 0 unspecified atom stereocenters. The van der Waals surface area contributed by atoms with Crippen LogP contribution in [0, 0.1) is 0 Å². The molecule has 0 saturated heterocycles. The van der Waals surface area contributed by atoms with E-state index in [0.717, 1.165) is 28.7 Å². The van der Waals surface area contributed by atoms with Gasteiger partial charge in [-0.1, -0.05) is 18.2 Å². The van der Waals surface area contributed by atoms with E-state index in [-0.39, 0.29) is 5.78 Å². The van der Waals surface area contributed by atoms with Crippen LogP contribution >= 0.6 is 0 Å². The van der Waals surface area contributed by atoms with Gasteiger partial charge >= 0.3 is 0 Å². The third kappa shape index (κ3) is 1.78. The van der Waals surface area contributed by atoms with E-state index < -0.39 is 0 Å². The van der Waals surface area contributed by atoms with Gasteiger partial charge in [-0.25, -0.2) is 4.98 Å². The van der Waals surface area contributed by atoms with Crippen molar-refractivity contribution in [1.29, 1.82) is 0 Å². The summed E-state index contributed by atoms with van der Waals surface area (Å²) in [5.74, 6) is 0.855. The van der Waals surface area contributed by atoms with Crippen LogP contribution in [-0.2, 0) is 6.42 Å². The highest BCUT2D eigenvalue weighted by molar-refractivity contribution is 6.00. The van der Waals surface area contributed by atoms with Crippen molar-refractivity contribution in [3.8, 4) is 17.0 Å². The van der Waals surface area contributed by atoms with Gasteiger partial charge in [0, 0.05) is 24.2 Å². The van der Waals surface area contributed by atoms with Crippen LogP contribution in [0.2, 0.25) is 0 Å². The standard InChI is InChI=1S/C15H13NO2/c1-18-15-9-11(6-7-16-15)10-2-4-13-12(8-10)3-5-14(13)17/h2,4,6-9H,3,5H2,1H3. The number of pyridine rings is 1. The first-order chi connectivity index (χ1) is 8.78. The number of carbonyl (C=O) groups is 1. The first-order valence-electron chi connectivity index (χ1n) is 5.94. The summed E-state index contributed by atoms with van der Waals surface area (Å²) in [6, 6.07) is 9.85. The molecule has 0 saturated carbocycles. The number of rotatable bonds is 2. The number of hydrogen-bond acceptors (Lipinski definition) is 3. The van der Waals surface area contributed by atoms with Crippen LogP contribution in [0.4, 0.5) is 0 Å². The molecule has 0 bridgehead atoms. The molecule has 1 heterocycles. The van der Waals surface area contributed by atoms with Gasteiger partial charge in [-0.15, -0.1) is 0 Å². The number of methoxy groups -OCH3 is 1. The quantitative estimate of drug-likeness (QED) is 0.808. The number of ketones is 1. The first kappa shape index (κ1) is 11.0. The Kier molecular flexibility index (Phi) is 2.59. The highest BCUT2D eigenvalue weighted by atomic mass is 16.5. The van der Waals surface area contributed by atoms with E-state index in [2.05, 4.69) is 11.1 Å². The van der Waals surface area contributed by atoms with Crippen molar-refractivity contribution >= 4 is 5.78 Å². The second-order valence-corrected chi connectivity index (χ2v) is 4.38. The minimum Gasteiger partial charge on any atom is -0.481 e. The predicted molar refractivity (Wildman–Crippen MR) is 68.9 cm³/mol. The maximum Gasteiger partial charge on any atom is 0.213 e. The molecule has 1 aliphatic rings. The first-order valence-corrected chi connectivity index (χ1v) is 5.94. The van der Waals surface area contributed by atoms with Gasteiger partial charge in [0.2, 0.25) is 5.88 Å². The van der Waals surface area contributed by atoms with Gasteiger partial charge in [-0.2, -0.15) is 0 Å². The molecule has 2 aromatic rings. The maximum atomic E-state index is 11.6. The summed E-state index contributed by atoms with van der Waals surface area (Å²) < 4.78 is 5.12. The van der Waals surface area contributed by atoms with Gasteiger partial charge in [0.15, 0.2) is 5.78 Å². The number of Topliss-reactive ketones (excluding diaryl/α,β-unsaturated/α-hetero) is 1. The molecule has 3 rings (SSSR count). The highest BCUT2D eigenvalue weighted by Crippen LogP contribution is 2.28. The molecule has 1 aromatic heterocycles. The number of fused-ring (bicyclic) bond motifs is 1. The molecule has 0 radical (unpaired) electrons. The zero-order valence-electron chi connectivity index (χ0n) is 10.1. The van der Waals surface area contributed by atoms with Crippen LogP contribution in [0.3, 0.4) is 0 Å². The monoisotopic (exact) mass is 239 g/mol. The molecule has 0 N–H and O–H groups in total. The molecule has 3 nitrogen and oxygen atoms in total. The third-order valence-electron chi connectivity index (χ3n) is 3.30. The lowest BCUT2D eigenvalue weighted by Gasteiger charge is -2.06. The lowest BCUT2D eigenvalue weighted by atomic mass is 10.0. The number of aromatic nitrogens is 1. The van der Waals surface area contributed by atoms with Gasteiger partial charge in [0.1, 0.15) is 0 Å². The van der Waals surface area contributed by atoms with E-state index in [1.807, 2.05) is 24.3 Å². The molecule has 0 amide bonds. The Morgan fingerprint density at radius 2 is 1.94 bits per heavy atom. The Labute approximate surface area is 105 Å². The van der Waals surface area contributed by atoms with E-state index >= 15 is 0 Å². The van der Waals surface area contributed by atoms with E-state index in [4.69, 9.17) is 4.74 Å². The summed E-state index contributed by atoms with van der Waals surface area (Å²) in [6.45, 7) is 0. The minimum atomic E-state index is 0.254. The number of hydrogen-bond donors (Lipinski definition) is 0. The fourth-order valence-electron chi connectivity index (χ4n) is 2.34. The molecule has 1 aliphatic carbocycles. The van der Waals surface area contributed by atoms with Crippen LogP contribution in [0.1, 0.15) is 22.3 Å².